The molecule has 0 radical (unpaired) electrons. The highest BCUT2D eigenvalue weighted by molar-refractivity contribution is 5.37. The van der Waals surface area contributed by atoms with Crippen molar-refractivity contribution in [3.8, 4) is 11.5 Å². The Morgan fingerprint density at radius 3 is 2.00 bits per heavy atom. The number of phenols is 1. The van der Waals surface area contributed by atoms with Crippen molar-refractivity contribution in [1.82, 2.24) is 0 Å². The zero-order valence-corrected chi connectivity index (χ0v) is 9.31. The molecule has 0 saturated carbocycles. The Morgan fingerprint density at radius 1 is 1.00 bits per heavy atom. The number of benzene rings is 2. The minimum Gasteiger partial charge on any atom is -0.508 e. The SMILES string of the molecule is NOc1cccc(O)c1.Nc1cc(F)cc(F)c1. The molecule has 6 heteroatoms. The van der Waals surface area contributed by atoms with Crippen LogP contribution in [0.2, 0.25) is 0 Å². The molecule has 0 fully saturated rings. The van der Waals surface area contributed by atoms with Crippen LogP contribution in [0.3, 0.4) is 0 Å². The van der Waals surface area contributed by atoms with Crippen LogP contribution >= 0.6 is 0 Å². The van der Waals surface area contributed by atoms with Crippen LogP contribution in [0.25, 0.3) is 0 Å². The molecule has 0 saturated heterocycles. The molecule has 0 bridgehead atoms. The first-order chi connectivity index (χ1) is 8.51. The fraction of sp³-hybridized carbons (Fsp3) is 0. The van der Waals surface area contributed by atoms with Gasteiger partial charge in [0.25, 0.3) is 0 Å². The minimum atomic E-state index is -0.646. The molecule has 2 aromatic carbocycles. The summed E-state index contributed by atoms with van der Waals surface area (Å²) >= 11 is 0. The van der Waals surface area contributed by atoms with Gasteiger partial charge in [-0.2, -0.15) is 5.90 Å². The molecule has 2 aromatic rings. The highest BCUT2D eigenvalue weighted by Crippen LogP contribution is 2.15. The van der Waals surface area contributed by atoms with Crippen molar-refractivity contribution in [1.29, 1.82) is 0 Å². The molecular weight excluding hydrogens is 242 g/mol. The van der Waals surface area contributed by atoms with Crippen LogP contribution in [0.1, 0.15) is 0 Å². The standard InChI is InChI=1S/C6H5F2N.C6H7NO2/c7-4-1-5(8)3-6(9)2-4;7-9-6-3-1-2-5(8)4-6/h1-3H,9H2;1-4,8H,7H2. The Balaban J connectivity index is 0.000000180. The number of aromatic hydroxyl groups is 1. The Labute approximate surface area is 102 Å². The second-order valence-corrected chi connectivity index (χ2v) is 3.32. The summed E-state index contributed by atoms with van der Waals surface area (Å²) in [5.74, 6) is 4.12. The quantitative estimate of drug-likeness (QED) is 0.538. The summed E-state index contributed by atoms with van der Waals surface area (Å²) in [6.45, 7) is 0. The van der Waals surface area contributed by atoms with Crippen LogP contribution < -0.4 is 16.5 Å². The molecule has 0 aliphatic rings. The zero-order valence-electron chi connectivity index (χ0n) is 9.31. The van der Waals surface area contributed by atoms with Crippen molar-refractivity contribution in [2.45, 2.75) is 0 Å². The van der Waals surface area contributed by atoms with Gasteiger partial charge in [0.1, 0.15) is 17.4 Å². The zero-order chi connectivity index (χ0) is 13.5. The molecule has 0 atom stereocenters. The number of hydrogen-bond acceptors (Lipinski definition) is 4. The lowest BCUT2D eigenvalue weighted by Crippen LogP contribution is -2.00. The molecule has 2 rings (SSSR count). The van der Waals surface area contributed by atoms with Crippen LogP contribution in [0.15, 0.2) is 42.5 Å². The molecule has 0 unspecified atom stereocenters. The fourth-order valence-electron chi connectivity index (χ4n) is 1.13. The predicted molar refractivity (Wildman–Crippen MR) is 63.7 cm³/mol. The van der Waals surface area contributed by atoms with E-state index in [-0.39, 0.29) is 11.4 Å². The summed E-state index contributed by atoms with van der Waals surface area (Å²) in [5, 5.41) is 8.81. The first-order valence-electron chi connectivity index (χ1n) is 4.88. The number of halogens is 2. The van der Waals surface area contributed by atoms with Gasteiger partial charge < -0.3 is 15.7 Å². The third-order valence-corrected chi connectivity index (χ3v) is 1.84. The smallest absolute Gasteiger partial charge is 0.150 e. The van der Waals surface area contributed by atoms with Crippen molar-refractivity contribution in [3.05, 3.63) is 54.1 Å². The first kappa shape index (κ1) is 13.7. The monoisotopic (exact) mass is 254 g/mol. The normalized spacial score (nSPS) is 9.28. The number of nitrogens with two attached hydrogens (primary N) is 2. The molecule has 96 valence electrons. The van der Waals surface area contributed by atoms with Gasteiger partial charge in [0.05, 0.1) is 0 Å². The van der Waals surface area contributed by atoms with E-state index in [0.717, 1.165) is 18.2 Å². The Bertz CT molecular complexity index is 471. The lowest BCUT2D eigenvalue weighted by Gasteiger charge is -1.95. The van der Waals surface area contributed by atoms with E-state index in [1.807, 2.05) is 0 Å². The summed E-state index contributed by atoms with van der Waals surface area (Å²) in [5.41, 5.74) is 5.18. The summed E-state index contributed by atoms with van der Waals surface area (Å²) in [6, 6.07) is 9.17. The maximum Gasteiger partial charge on any atom is 0.150 e. The Hall–Kier alpha value is -2.34. The van der Waals surface area contributed by atoms with Crippen LogP contribution in [-0.4, -0.2) is 5.11 Å². The van der Waals surface area contributed by atoms with Gasteiger partial charge in [-0.1, -0.05) is 6.07 Å². The summed E-state index contributed by atoms with van der Waals surface area (Å²) in [4.78, 5) is 4.34. The molecule has 0 amide bonds. The van der Waals surface area contributed by atoms with Crippen molar-refractivity contribution >= 4 is 5.69 Å². The van der Waals surface area contributed by atoms with E-state index in [1.165, 1.54) is 6.07 Å². The minimum absolute atomic E-state index is 0.104. The fourth-order valence-corrected chi connectivity index (χ4v) is 1.13. The van der Waals surface area contributed by atoms with E-state index < -0.39 is 11.6 Å². The van der Waals surface area contributed by atoms with Gasteiger partial charge in [-0.05, 0) is 24.3 Å². The average Bonchev–Trinajstić information content (AvgIpc) is 2.27. The molecule has 0 aliphatic heterocycles. The molecular formula is C12H12F2N2O2. The van der Waals surface area contributed by atoms with E-state index in [2.05, 4.69) is 4.84 Å². The van der Waals surface area contributed by atoms with E-state index >= 15 is 0 Å². The van der Waals surface area contributed by atoms with Gasteiger partial charge in [-0.3, -0.25) is 0 Å². The van der Waals surface area contributed by atoms with Gasteiger partial charge in [-0.15, -0.1) is 0 Å². The van der Waals surface area contributed by atoms with E-state index in [0.29, 0.717) is 5.75 Å². The van der Waals surface area contributed by atoms with Gasteiger partial charge in [0, 0.05) is 17.8 Å². The maximum atomic E-state index is 12.1. The van der Waals surface area contributed by atoms with E-state index in [4.69, 9.17) is 16.7 Å². The molecule has 0 spiro atoms. The number of phenolic OH excluding ortho intramolecular Hbond substituents is 1. The van der Waals surface area contributed by atoms with Crippen molar-refractivity contribution in [2.75, 3.05) is 5.73 Å². The highest BCUT2D eigenvalue weighted by Gasteiger charge is 1.94. The molecule has 0 aromatic heterocycles. The second kappa shape index (κ2) is 6.41. The van der Waals surface area contributed by atoms with Gasteiger partial charge in [-0.25, -0.2) is 8.78 Å². The molecule has 0 heterocycles. The summed E-state index contributed by atoms with van der Waals surface area (Å²) in [7, 11) is 0. The van der Waals surface area contributed by atoms with Crippen molar-refractivity contribution in [2.24, 2.45) is 5.90 Å². The van der Waals surface area contributed by atoms with Crippen LogP contribution in [0.5, 0.6) is 11.5 Å². The maximum absolute atomic E-state index is 12.1. The second-order valence-electron chi connectivity index (χ2n) is 3.32. The highest BCUT2D eigenvalue weighted by atomic mass is 19.1. The van der Waals surface area contributed by atoms with E-state index in [9.17, 15) is 8.78 Å². The number of anilines is 1. The van der Waals surface area contributed by atoms with Gasteiger partial charge in [0.15, 0.2) is 5.75 Å². The molecule has 5 N–H and O–H groups in total. The third-order valence-electron chi connectivity index (χ3n) is 1.84. The van der Waals surface area contributed by atoms with E-state index in [1.54, 1.807) is 18.2 Å². The first-order valence-corrected chi connectivity index (χ1v) is 4.88. The Morgan fingerprint density at radius 2 is 1.61 bits per heavy atom. The third kappa shape index (κ3) is 4.67. The van der Waals surface area contributed by atoms with Crippen molar-refractivity contribution in [3.63, 3.8) is 0 Å². The van der Waals surface area contributed by atoms with Crippen LogP contribution in [0.4, 0.5) is 14.5 Å². The Kier molecular flexibility index (Phi) is 4.89. The largest absolute Gasteiger partial charge is 0.508 e. The van der Waals surface area contributed by atoms with Crippen LogP contribution in [-0.2, 0) is 0 Å². The number of hydrogen-bond donors (Lipinski definition) is 3. The number of rotatable bonds is 1. The predicted octanol–water partition coefficient (Wildman–Crippen LogP) is 2.19. The molecule has 18 heavy (non-hydrogen) atoms. The molecule has 0 aliphatic carbocycles. The lowest BCUT2D eigenvalue weighted by atomic mass is 10.3. The van der Waals surface area contributed by atoms with Gasteiger partial charge in [0.2, 0.25) is 0 Å². The summed E-state index contributed by atoms with van der Waals surface area (Å²) in [6.07, 6.45) is 0. The van der Waals surface area contributed by atoms with Gasteiger partial charge >= 0.3 is 0 Å². The van der Waals surface area contributed by atoms with Crippen molar-refractivity contribution < 1.29 is 18.7 Å². The number of nitrogen functional groups attached to an aromatic ring is 1. The molecule has 4 nitrogen and oxygen atoms in total. The lowest BCUT2D eigenvalue weighted by molar-refractivity contribution is 0.332. The average molecular weight is 254 g/mol. The summed E-state index contributed by atoms with van der Waals surface area (Å²) < 4.78 is 24.2. The topological polar surface area (TPSA) is 81.5 Å². The van der Waals surface area contributed by atoms with Crippen LogP contribution in [0, 0.1) is 11.6 Å².